The van der Waals surface area contributed by atoms with Crippen molar-refractivity contribution in [2.75, 3.05) is 26.9 Å². The van der Waals surface area contributed by atoms with Gasteiger partial charge in [-0.3, -0.25) is 4.79 Å². The fourth-order valence-electron chi connectivity index (χ4n) is 4.60. The largest absolute Gasteiger partial charge is 0.497 e. The molecule has 1 amide bonds. The van der Waals surface area contributed by atoms with Crippen LogP contribution in [0.1, 0.15) is 41.9 Å². The molecule has 0 bridgehead atoms. The number of carbonyl (C=O) groups excluding carboxylic acids is 1. The van der Waals surface area contributed by atoms with E-state index in [9.17, 15) is 4.79 Å². The van der Waals surface area contributed by atoms with Gasteiger partial charge in [-0.05, 0) is 41.7 Å². The summed E-state index contributed by atoms with van der Waals surface area (Å²) >= 11 is 0. The zero-order chi connectivity index (χ0) is 22.2. The molecule has 0 unspecified atom stereocenters. The molecule has 1 fully saturated rings. The van der Waals surface area contributed by atoms with Crippen molar-refractivity contribution in [2.24, 2.45) is 0 Å². The molecule has 3 aromatic carbocycles. The number of carbonyl (C=O) groups is 1. The van der Waals surface area contributed by atoms with Gasteiger partial charge in [0.2, 0.25) is 5.91 Å². The molecule has 166 valence electrons. The van der Waals surface area contributed by atoms with Crippen molar-refractivity contribution in [1.82, 2.24) is 5.32 Å². The molecule has 4 rings (SSSR count). The first-order valence-corrected chi connectivity index (χ1v) is 11.3. The van der Waals surface area contributed by atoms with Crippen LogP contribution in [0.25, 0.3) is 0 Å². The number of ether oxygens (including phenoxy) is 2. The van der Waals surface area contributed by atoms with Crippen LogP contribution in [-0.4, -0.2) is 32.8 Å². The number of hydrogen-bond acceptors (Lipinski definition) is 3. The molecule has 0 atom stereocenters. The average Bonchev–Trinajstić information content (AvgIpc) is 2.88. The maximum absolute atomic E-state index is 13.2. The molecular formula is C28H31NO3. The number of amides is 1. The molecule has 1 N–H and O–H groups in total. The van der Waals surface area contributed by atoms with Crippen molar-refractivity contribution in [1.29, 1.82) is 0 Å². The molecule has 0 radical (unpaired) electrons. The third-order valence-corrected chi connectivity index (χ3v) is 6.57. The monoisotopic (exact) mass is 429 g/mol. The predicted molar refractivity (Wildman–Crippen MR) is 127 cm³/mol. The highest BCUT2D eigenvalue weighted by Crippen LogP contribution is 2.35. The highest BCUT2D eigenvalue weighted by molar-refractivity contribution is 5.77. The lowest BCUT2D eigenvalue weighted by molar-refractivity contribution is -0.121. The summed E-state index contributed by atoms with van der Waals surface area (Å²) in [4.78, 5) is 13.2. The first-order valence-electron chi connectivity index (χ1n) is 11.3. The Kier molecular flexibility index (Phi) is 7.23. The molecule has 1 saturated heterocycles. The van der Waals surface area contributed by atoms with Crippen molar-refractivity contribution in [3.05, 3.63) is 102 Å². The number of rotatable bonds is 8. The molecule has 1 heterocycles. The second kappa shape index (κ2) is 10.5. The first kappa shape index (κ1) is 22.1. The molecule has 0 aromatic heterocycles. The number of benzene rings is 3. The Morgan fingerprint density at radius 2 is 1.47 bits per heavy atom. The van der Waals surface area contributed by atoms with Crippen LogP contribution in [0, 0.1) is 0 Å². The highest BCUT2D eigenvalue weighted by atomic mass is 16.5. The van der Waals surface area contributed by atoms with Crippen LogP contribution >= 0.6 is 0 Å². The fourth-order valence-corrected chi connectivity index (χ4v) is 4.60. The molecule has 0 spiro atoms. The SMILES string of the molecule is COc1ccc(C2(CNC(=O)CC(c3ccccc3)c3ccccc3)CCOCC2)cc1. The van der Waals surface area contributed by atoms with Gasteiger partial charge in [0.25, 0.3) is 0 Å². The van der Waals surface area contributed by atoms with Crippen LogP contribution in [-0.2, 0) is 14.9 Å². The summed E-state index contributed by atoms with van der Waals surface area (Å²) in [6.45, 7) is 2.02. The summed E-state index contributed by atoms with van der Waals surface area (Å²) in [6.07, 6.45) is 2.20. The Balaban J connectivity index is 1.49. The van der Waals surface area contributed by atoms with Crippen LogP contribution in [0.5, 0.6) is 5.75 Å². The quantitative estimate of drug-likeness (QED) is 0.543. The Morgan fingerprint density at radius 3 is 2.00 bits per heavy atom. The predicted octanol–water partition coefficient (Wildman–Crippen LogP) is 5.08. The molecule has 0 aliphatic carbocycles. The second-order valence-corrected chi connectivity index (χ2v) is 8.48. The van der Waals surface area contributed by atoms with Crippen molar-refractivity contribution in [2.45, 2.75) is 30.6 Å². The van der Waals surface area contributed by atoms with Gasteiger partial charge < -0.3 is 14.8 Å². The van der Waals surface area contributed by atoms with Gasteiger partial charge in [-0.25, -0.2) is 0 Å². The zero-order valence-corrected chi connectivity index (χ0v) is 18.6. The topological polar surface area (TPSA) is 47.6 Å². The lowest BCUT2D eigenvalue weighted by Gasteiger charge is -2.38. The molecule has 32 heavy (non-hydrogen) atoms. The Bertz CT molecular complexity index is 941. The number of nitrogens with one attached hydrogen (secondary N) is 1. The molecule has 1 aliphatic rings. The van der Waals surface area contributed by atoms with Crippen LogP contribution in [0.3, 0.4) is 0 Å². The van der Waals surface area contributed by atoms with Gasteiger partial charge in [-0.15, -0.1) is 0 Å². The van der Waals surface area contributed by atoms with Gasteiger partial charge in [0.1, 0.15) is 5.75 Å². The molecule has 3 aromatic rings. The van der Waals surface area contributed by atoms with E-state index < -0.39 is 0 Å². The highest BCUT2D eigenvalue weighted by Gasteiger charge is 2.35. The van der Waals surface area contributed by atoms with E-state index >= 15 is 0 Å². The van der Waals surface area contributed by atoms with Gasteiger partial charge in [-0.1, -0.05) is 72.8 Å². The number of hydrogen-bond donors (Lipinski definition) is 1. The fraction of sp³-hybridized carbons (Fsp3) is 0.321. The zero-order valence-electron chi connectivity index (χ0n) is 18.6. The van der Waals surface area contributed by atoms with Gasteiger partial charge in [-0.2, -0.15) is 0 Å². The van der Waals surface area contributed by atoms with E-state index in [0.29, 0.717) is 26.2 Å². The minimum atomic E-state index is -0.116. The van der Waals surface area contributed by atoms with E-state index in [1.54, 1.807) is 7.11 Å². The molecular weight excluding hydrogens is 398 g/mol. The summed E-state index contributed by atoms with van der Waals surface area (Å²) < 4.78 is 11.0. The Morgan fingerprint density at radius 1 is 0.906 bits per heavy atom. The van der Waals surface area contributed by atoms with Crippen LogP contribution < -0.4 is 10.1 Å². The molecule has 0 saturated carbocycles. The lowest BCUT2D eigenvalue weighted by Crippen LogP contribution is -2.44. The van der Waals surface area contributed by atoms with E-state index in [0.717, 1.165) is 29.7 Å². The maximum Gasteiger partial charge on any atom is 0.220 e. The van der Waals surface area contributed by atoms with Gasteiger partial charge in [0.15, 0.2) is 0 Å². The van der Waals surface area contributed by atoms with Gasteiger partial charge >= 0.3 is 0 Å². The summed E-state index contributed by atoms with van der Waals surface area (Å²) in [6, 6.07) is 28.8. The number of methoxy groups -OCH3 is 1. The lowest BCUT2D eigenvalue weighted by atomic mass is 9.74. The normalized spacial score (nSPS) is 15.3. The molecule has 1 aliphatic heterocycles. The van der Waals surface area contributed by atoms with Gasteiger partial charge in [0.05, 0.1) is 7.11 Å². The van der Waals surface area contributed by atoms with E-state index in [4.69, 9.17) is 9.47 Å². The van der Waals surface area contributed by atoms with Crippen molar-refractivity contribution in [3.8, 4) is 5.75 Å². The molecule has 4 heteroatoms. The van der Waals surface area contributed by atoms with Crippen LogP contribution in [0.4, 0.5) is 0 Å². The summed E-state index contributed by atoms with van der Waals surface area (Å²) in [5.74, 6) is 0.944. The summed E-state index contributed by atoms with van der Waals surface area (Å²) in [7, 11) is 1.68. The third kappa shape index (κ3) is 5.20. The van der Waals surface area contributed by atoms with E-state index in [-0.39, 0.29) is 17.2 Å². The minimum absolute atomic E-state index is 0.0315. The summed E-state index contributed by atoms with van der Waals surface area (Å²) in [5.41, 5.74) is 3.42. The van der Waals surface area contributed by atoms with E-state index in [1.165, 1.54) is 5.56 Å². The first-order chi connectivity index (χ1) is 15.7. The summed E-state index contributed by atoms with van der Waals surface area (Å²) in [5, 5.41) is 3.26. The van der Waals surface area contributed by atoms with E-state index in [1.807, 2.05) is 48.5 Å². The van der Waals surface area contributed by atoms with Crippen molar-refractivity contribution < 1.29 is 14.3 Å². The second-order valence-electron chi connectivity index (χ2n) is 8.48. The van der Waals surface area contributed by atoms with Crippen molar-refractivity contribution in [3.63, 3.8) is 0 Å². The smallest absolute Gasteiger partial charge is 0.220 e. The maximum atomic E-state index is 13.2. The van der Waals surface area contributed by atoms with Crippen molar-refractivity contribution >= 4 is 5.91 Å². The van der Waals surface area contributed by atoms with Crippen LogP contribution in [0.2, 0.25) is 0 Å². The molecule has 4 nitrogen and oxygen atoms in total. The van der Waals surface area contributed by atoms with E-state index in [2.05, 4.69) is 41.7 Å². The standard InChI is InChI=1S/C28H31NO3/c1-31-25-14-12-24(13-15-25)28(16-18-32-19-17-28)21-29-27(30)20-26(22-8-4-2-5-9-22)23-10-6-3-7-11-23/h2-15,26H,16-21H2,1H3,(H,29,30). The Labute approximate surface area is 190 Å². The third-order valence-electron chi connectivity index (χ3n) is 6.57. The minimum Gasteiger partial charge on any atom is -0.497 e. The Hall–Kier alpha value is -3.11. The van der Waals surface area contributed by atoms with Gasteiger partial charge in [0, 0.05) is 37.5 Å². The average molecular weight is 430 g/mol. The van der Waals surface area contributed by atoms with Crippen LogP contribution in [0.15, 0.2) is 84.9 Å².